The summed E-state index contributed by atoms with van der Waals surface area (Å²) < 4.78 is 1.73. The average molecular weight is 250 g/mol. The first-order valence-corrected chi connectivity index (χ1v) is 6.26. The molecule has 0 N–H and O–H groups in total. The Morgan fingerprint density at radius 1 is 1.24 bits per heavy atom. The number of aryl methyl sites for hydroxylation is 1. The smallest absolute Gasteiger partial charge is 0.0830 e. The first kappa shape index (κ1) is 12.1. The van der Waals surface area contributed by atoms with Gasteiger partial charge in [-0.1, -0.05) is 35.5 Å². The maximum absolute atomic E-state index is 6.02. The van der Waals surface area contributed by atoms with Gasteiger partial charge in [-0.25, -0.2) is 0 Å². The Hall–Kier alpha value is -1.35. The lowest BCUT2D eigenvalue weighted by atomic mass is 9.97. The molecule has 0 spiro atoms. The molecule has 1 heterocycles. The van der Waals surface area contributed by atoms with E-state index in [0.29, 0.717) is 11.8 Å². The quantitative estimate of drug-likeness (QED) is 0.762. The number of hydrogen-bond acceptors (Lipinski definition) is 2. The molecule has 3 nitrogen and oxygen atoms in total. The van der Waals surface area contributed by atoms with E-state index in [9.17, 15) is 0 Å². The minimum Gasteiger partial charge on any atom is -0.255 e. The highest BCUT2D eigenvalue weighted by Gasteiger charge is 2.11. The van der Waals surface area contributed by atoms with Crippen LogP contribution in [-0.4, -0.2) is 20.9 Å². The summed E-state index contributed by atoms with van der Waals surface area (Å²) in [6, 6.07) is 10.4. The van der Waals surface area contributed by atoms with Crippen molar-refractivity contribution in [3.63, 3.8) is 0 Å². The Labute approximate surface area is 106 Å². The van der Waals surface area contributed by atoms with Crippen LogP contribution >= 0.6 is 11.6 Å². The van der Waals surface area contributed by atoms with Gasteiger partial charge in [0.2, 0.25) is 0 Å². The van der Waals surface area contributed by atoms with E-state index in [1.807, 2.05) is 19.3 Å². The van der Waals surface area contributed by atoms with Crippen molar-refractivity contribution >= 4 is 11.6 Å². The van der Waals surface area contributed by atoms with Crippen LogP contribution in [0.25, 0.3) is 0 Å². The van der Waals surface area contributed by atoms with Crippen LogP contribution in [0.3, 0.4) is 0 Å². The molecule has 0 aliphatic carbocycles. The minimum absolute atomic E-state index is 0.413. The number of aromatic nitrogens is 3. The van der Waals surface area contributed by atoms with Crippen molar-refractivity contribution in [2.24, 2.45) is 13.0 Å². The van der Waals surface area contributed by atoms with Gasteiger partial charge in [-0.3, -0.25) is 4.68 Å². The van der Waals surface area contributed by atoms with Gasteiger partial charge in [-0.05, 0) is 24.3 Å². The summed E-state index contributed by atoms with van der Waals surface area (Å²) in [5.74, 6) is 1.06. The van der Waals surface area contributed by atoms with Crippen molar-refractivity contribution < 1.29 is 0 Å². The lowest BCUT2D eigenvalue weighted by molar-refractivity contribution is 0.574. The fraction of sp³-hybridized carbons (Fsp3) is 0.385. The van der Waals surface area contributed by atoms with E-state index in [0.717, 1.165) is 18.5 Å². The first-order valence-electron chi connectivity index (χ1n) is 5.73. The normalized spacial score (nSPS) is 12.6. The second kappa shape index (κ2) is 5.82. The first-order chi connectivity index (χ1) is 8.28. The number of nitrogens with zero attached hydrogens (tertiary/aromatic N) is 3. The zero-order chi connectivity index (χ0) is 12.1. The topological polar surface area (TPSA) is 30.7 Å². The zero-order valence-corrected chi connectivity index (χ0v) is 10.6. The van der Waals surface area contributed by atoms with Crippen LogP contribution in [0.1, 0.15) is 11.3 Å². The lowest BCUT2D eigenvalue weighted by Gasteiger charge is -2.11. The van der Waals surface area contributed by atoms with Gasteiger partial charge in [0.25, 0.3) is 0 Å². The molecular formula is C13H16ClN3. The molecule has 1 atom stereocenters. The molecule has 1 aromatic heterocycles. The van der Waals surface area contributed by atoms with E-state index >= 15 is 0 Å². The molecule has 0 amide bonds. The molecule has 2 rings (SSSR count). The molecular weight excluding hydrogens is 234 g/mol. The lowest BCUT2D eigenvalue weighted by Crippen LogP contribution is -2.10. The van der Waals surface area contributed by atoms with Crippen LogP contribution in [0.5, 0.6) is 0 Å². The predicted molar refractivity (Wildman–Crippen MR) is 69.1 cm³/mol. The van der Waals surface area contributed by atoms with Crippen molar-refractivity contribution in [1.82, 2.24) is 15.0 Å². The van der Waals surface area contributed by atoms with Gasteiger partial charge in [0.15, 0.2) is 0 Å². The summed E-state index contributed by atoms with van der Waals surface area (Å²) in [6.45, 7) is 0. The highest BCUT2D eigenvalue weighted by Crippen LogP contribution is 2.14. The molecule has 0 saturated carbocycles. The monoisotopic (exact) mass is 249 g/mol. The molecule has 2 aromatic rings. The van der Waals surface area contributed by atoms with E-state index in [1.165, 1.54) is 5.56 Å². The molecule has 4 heteroatoms. The Morgan fingerprint density at radius 3 is 2.59 bits per heavy atom. The van der Waals surface area contributed by atoms with Crippen LogP contribution in [0.4, 0.5) is 0 Å². The van der Waals surface area contributed by atoms with Crippen LogP contribution in [0.15, 0.2) is 36.5 Å². The molecule has 17 heavy (non-hydrogen) atoms. The fourth-order valence-corrected chi connectivity index (χ4v) is 2.13. The summed E-state index contributed by atoms with van der Waals surface area (Å²) in [5, 5.41) is 8.03. The van der Waals surface area contributed by atoms with Gasteiger partial charge < -0.3 is 0 Å². The van der Waals surface area contributed by atoms with E-state index in [-0.39, 0.29) is 0 Å². The molecule has 0 fully saturated rings. The molecule has 0 bridgehead atoms. The highest BCUT2D eigenvalue weighted by molar-refractivity contribution is 6.18. The number of benzene rings is 1. The summed E-state index contributed by atoms with van der Waals surface area (Å²) >= 11 is 6.02. The number of halogens is 1. The maximum Gasteiger partial charge on any atom is 0.0830 e. The summed E-state index contributed by atoms with van der Waals surface area (Å²) in [5.41, 5.74) is 2.33. The van der Waals surface area contributed by atoms with Gasteiger partial charge in [-0.2, -0.15) is 0 Å². The predicted octanol–water partition coefficient (Wildman–Crippen LogP) is 2.46. The van der Waals surface area contributed by atoms with Crippen molar-refractivity contribution in [3.8, 4) is 0 Å². The maximum atomic E-state index is 6.02. The van der Waals surface area contributed by atoms with E-state index in [1.54, 1.807) is 4.68 Å². The molecule has 0 saturated heterocycles. The largest absolute Gasteiger partial charge is 0.255 e. The summed E-state index contributed by atoms with van der Waals surface area (Å²) in [6.07, 6.45) is 3.82. The number of rotatable bonds is 5. The number of hydrogen-bond donors (Lipinski definition) is 0. The van der Waals surface area contributed by atoms with Gasteiger partial charge in [-0.15, -0.1) is 16.7 Å². The second-order valence-corrected chi connectivity index (χ2v) is 4.61. The van der Waals surface area contributed by atoms with Gasteiger partial charge in [0.05, 0.1) is 5.69 Å². The third kappa shape index (κ3) is 3.56. The minimum atomic E-state index is 0.413. The standard InChI is InChI=1S/C13H16ClN3/c1-17-10-13(15-16-17)8-12(9-14)7-11-5-3-2-4-6-11/h2-6,10,12H,7-9H2,1H3. The Bertz CT molecular complexity index is 453. The van der Waals surface area contributed by atoms with E-state index in [2.05, 4.69) is 34.6 Å². The molecule has 90 valence electrons. The Kier molecular flexibility index (Phi) is 4.15. The highest BCUT2D eigenvalue weighted by atomic mass is 35.5. The van der Waals surface area contributed by atoms with Gasteiger partial charge in [0.1, 0.15) is 0 Å². The van der Waals surface area contributed by atoms with Crippen LogP contribution in [0, 0.1) is 5.92 Å². The van der Waals surface area contributed by atoms with E-state index in [4.69, 9.17) is 11.6 Å². The average Bonchev–Trinajstić information content (AvgIpc) is 2.75. The van der Waals surface area contributed by atoms with Crippen LogP contribution in [-0.2, 0) is 19.9 Å². The molecule has 1 aromatic carbocycles. The van der Waals surface area contributed by atoms with Crippen molar-refractivity contribution in [1.29, 1.82) is 0 Å². The van der Waals surface area contributed by atoms with Crippen molar-refractivity contribution in [2.45, 2.75) is 12.8 Å². The van der Waals surface area contributed by atoms with Gasteiger partial charge in [0, 0.05) is 19.1 Å². The molecule has 0 radical (unpaired) electrons. The van der Waals surface area contributed by atoms with Crippen LogP contribution in [0.2, 0.25) is 0 Å². The summed E-state index contributed by atoms with van der Waals surface area (Å²) in [4.78, 5) is 0. The molecule has 0 aliphatic heterocycles. The van der Waals surface area contributed by atoms with E-state index < -0.39 is 0 Å². The Morgan fingerprint density at radius 2 is 2.00 bits per heavy atom. The third-order valence-electron chi connectivity index (χ3n) is 2.73. The Balaban J connectivity index is 1.98. The number of alkyl halides is 1. The third-order valence-corrected chi connectivity index (χ3v) is 3.17. The molecule has 1 unspecified atom stereocenters. The second-order valence-electron chi connectivity index (χ2n) is 4.30. The zero-order valence-electron chi connectivity index (χ0n) is 9.88. The summed E-state index contributed by atoms with van der Waals surface area (Å²) in [7, 11) is 1.88. The van der Waals surface area contributed by atoms with Crippen molar-refractivity contribution in [2.75, 3.05) is 5.88 Å². The SMILES string of the molecule is Cn1cc(CC(CCl)Cc2ccccc2)nn1. The van der Waals surface area contributed by atoms with Gasteiger partial charge >= 0.3 is 0 Å². The van der Waals surface area contributed by atoms with Crippen LogP contribution < -0.4 is 0 Å². The molecule has 0 aliphatic rings. The van der Waals surface area contributed by atoms with Crippen molar-refractivity contribution in [3.05, 3.63) is 47.8 Å². The fourth-order valence-electron chi connectivity index (χ4n) is 1.91.